The van der Waals surface area contributed by atoms with Crippen LogP contribution in [0.15, 0.2) is 0 Å². The van der Waals surface area contributed by atoms with Crippen LogP contribution in [-0.4, -0.2) is 42.7 Å². The largest absolute Gasteiger partial charge is 0.465 e. The second-order valence-corrected chi connectivity index (χ2v) is 5.48. The normalized spacial score (nSPS) is 23.2. The van der Waals surface area contributed by atoms with Crippen LogP contribution < -0.4 is 10.6 Å². The molecule has 1 rings (SSSR count). The van der Waals surface area contributed by atoms with E-state index < -0.39 is 5.97 Å². The number of ether oxygens (including phenoxy) is 1. The molecule has 2 N–H and O–H groups in total. The van der Waals surface area contributed by atoms with Gasteiger partial charge < -0.3 is 15.4 Å². The third kappa shape index (κ3) is 5.62. The first-order valence-corrected chi connectivity index (χ1v) is 7.67. The summed E-state index contributed by atoms with van der Waals surface area (Å²) >= 11 is 1.90. The van der Waals surface area contributed by atoms with Crippen molar-refractivity contribution in [1.29, 1.82) is 0 Å². The zero-order valence-electron chi connectivity index (χ0n) is 11.0. The average Bonchev–Trinajstić information content (AvgIpc) is 2.38. The van der Waals surface area contributed by atoms with Crippen molar-refractivity contribution < 1.29 is 14.3 Å². The summed E-state index contributed by atoms with van der Waals surface area (Å²) in [6.45, 7) is 2.00. The van der Waals surface area contributed by atoms with Gasteiger partial charge in [-0.2, -0.15) is 11.8 Å². The first-order valence-electron chi connectivity index (χ1n) is 6.38. The Morgan fingerprint density at radius 3 is 2.50 bits per heavy atom. The molecule has 0 radical (unpaired) electrons. The second-order valence-electron chi connectivity index (χ2n) is 4.34. The van der Waals surface area contributed by atoms with Crippen molar-refractivity contribution in [2.24, 2.45) is 0 Å². The average molecular weight is 274 g/mol. The maximum absolute atomic E-state index is 11.5. The highest BCUT2D eigenvalue weighted by atomic mass is 32.2. The second kappa shape index (κ2) is 8.24. The third-order valence-electron chi connectivity index (χ3n) is 3.04. The Morgan fingerprint density at radius 1 is 1.28 bits per heavy atom. The fraction of sp³-hybridized carbons (Fsp3) is 0.833. The highest BCUT2D eigenvalue weighted by molar-refractivity contribution is 7.99. The molecule has 2 amide bonds. The van der Waals surface area contributed by atoms with Gasteiger partial charge in [0.05, 0.1) is 6.61 Å². The minimum atomic E-state index is -0.404. The van der Waals surface area contributed by atoms with Crippen molar-refractivity contribution >= 4 is 23.8 Å². The van der Waals surface area contributed by atoms with Crippen LogP contribution in [0.5, 0.6) is 0 Å². The molecule has 104 valence electrons. The number of carbonyl (C=O) groups is 2. The molecule has 0 unspecified atom stereocenters. The first-order chi connectivity index (χ1) is 8.65. The number of rotatable bonds is 5. The molecule has 0 aromatic carbocycles. The zero-order chi connectivity index (χ0) is 13.4. The van der Waals surface area contributed by atoms with Crippen molar-refractivity contribution in [2.45, 2.75) is 43.9 Å². The number of amides is 2. The molecule has 0 bridgehead atoms. The van der Waals surface area contributed by atoms with Gasteiger partial charge in [0.25, 0.3) is 0 Å². The van der Waals surface area contributed by atoms with Crippen LogP contribution in [0, 0.1) is 0 Å². The summed E-state index contributed by atoms with van der Waals surface area (Å²) in [6, 6.07) is -0.0498. The monoisotopic (exact) mass is 274 g/mol. The highest BCUT2D eigenvalue weighted by Crippen LogP contribution is 2.26. The van der Waals surface area contributed by atoms with Crippen molar-refractivity contribution in [3.8, 4) is 0 Å². The van der Waals surface area contributed by atoms with E-state index in [2.05, 4.69) is 16.9 Å². The Balaban J connectivity index is 2.15. The van der Waals surface area contributed by atoms with Gasteiger partial charge in [-0.1, -0.05) is 0 Å². The molecule has 1 fully saturated rings. The Hall–Kier alpha value is -0.910. The molecule has 18 heavy (non-hydrogen) atoms. The topological polar surface area (TPSA) is 67.4 Å². The zero-order valence-corrected chi connectivity index (χ0v) is 11.8. The number of carbonyl (C=O) groups excluding carboxylic acids is 2. The number of esters is 1. The van der Waals surface area contributed by atoms with Crippen LogP contribution in [0.3, 0.4) is 0 Å². The highest BCUT2D eigenvalue weighted by Gasteiger charge is 2.21. The number of thioether (sulfide) groups is 1. The molecule has 0 heterocycles. The Kier molecular flexibility index (Phi) is 6.93. The predicted octanol–water partition coefficient (Wildman–Crippen LogP) is 1.52. The van der Waals surface area contributed by atoms with E-state index in [-0.39, 0.29) is 18.6 Å². The van der Waals surface area contributed by atoms with Crippen molar-refractivity contribution in [1.82, 2.24) is 10.6 Å². The lowest BCUT2D eigenvalue weighted by molar-refractivity contribution is -0.141. The fourth-order valence-electron chi connectivity index (χ4n) is 2.04. The lowest BCUT2D eigenvalue weighted by Crippen LogP contribution is -2.45. The minimum absolute atomic E-state index is 0.0696. The van der Waals surface area contributed by atoms with E-state index in [0.29, 0.717) is 6.61 Å². The van der Waals surface area contributed by atoms with Crippen molar-refractivity contribution in [3.05, 3.63) is 0 Å². The van der Waals surface area contributed by atoms with Crippen molar-refractivity contribution in [2.75, 3.05) is 19.4 Å². The summed E-state index contributed by atoms with van der Waals surface area (Å²) in [7, 11) is 0. The third-order valence-corrected chi connectivity index (χ3v) is 4.18. The minimum Gasteiger partial charge on any atom is -0.465 e. The van der Waals surface area contributed by atoms with Crippen LogP contribution in [0.2, 0.25) is 0 Å². The summed E-state index contributed by atoms with van der Waals surface area (Å²) in [5.74, 6) is -0.404. The maximum atomic E-state index is 11.5. The number of hydrogen-bond acceptors (Lipinski definition) is 4. The molecule has 6 heteroatoms. The Labute approximate surface area is 112 Å². The van der Waals surface area contributed by atoms with E-state index in [1.54, 1.807) is 6.92 Å². The lowest BCUT2D eigenvalue weighted by atomic mass is 9.95. The molecule has 1 aliphatic carbocycles. The van der Waals surface area contributed by atoms with E-state index in [4.69, 9.17) is 4.74 Å². The van der Waals surface area contributed by atoms with E-state index in [9.17, 15) is 9.59 Å². The summed E-state index contributed by atoms with van der Waals surface area (Å²) < 4.78 is 4.73. The van der Waals surface area contributed by atoms with Crippen LogP contribution in [0.4, 0.5) is 4.79 Å². The van der Waals surface area contributed by atoms with Gasteiger partial charge in [0, 0.05) is 11.3 Å². The van der Waals surface area contributed by atoms with Gasteiger partial charge >= 0.3 is 12.0 Å². The van der Waals surface area contributed by atoms with Crippen LogP contribution in [-0.2, 0) is 9.53 Å². The molecule has 0 spiro atoms. The molecular weight excluding hydrogens is 252 g/mol. The van der Waals surface area contributed by atoms with Gasteiger partial charge in [0.15, 0.2) is 0 Å². The van der Waals surface area contributed by atoms with Gasteiger partial charge in [-0.25, -0.2) is 4.79 Å². The Morgan fingerprint density at radius 2 is 1.94 bits per heavy atom. The molecule has 0 saturated heterocycles. The van der Waals surface area contributed by atoms with Crippen LogP contribution in [0.25, 0.3) is 0 Å². The molecule has 0 aliphatic heterocycles. The van der Waals surface area contributed by atoms with E-state index in [1.807, 2.05) is 11.8 Å². The van der Waals surface area contributed by atoms with Crippen LogP contribution in [0.1, 0.15) is 32.6 Å². The summed E-state index contributed by atoms with van der Waals surface area (Å²) in [5.41, 5.74) is 0. The van der Waals surface area contributed by atoms with Gasteiger partial charge in [0.2, 0.25) is 0 Å². The summed E-state index contributed by atoms with van der Waals surface area (Å²) in [4.78, 5) is 22.6. The number of urea groups is 1. The summed E-state index contributed by atoms with van der Waals surface area (Å²) in [6.07, 6.45) is 6.44. The first kappa shape index (κ1) is 15.1. The van der Waals surface area contributed by atoms with Gasteiger partial charge in [-0.3, -0.25) is 4.79 Å². The number of hydrogen-bond donors (Lipinski definition) is 2. The predicted molar refractivity (Wildman–Crippen MR) is 72.7 cm³/mol. The fourth-order valence-corrected chi connectivity index (χ4v) is 2.79. The van der Waals surface area contributed by atoms with E-state index in [0.717, 1.165) is 30.9 Å². The standard InChI is InChI=1S/C12H22N2O3S/c1-3-17-11(15)8-13-12(16)14-9-4-6-10(18-2)7-5-9/h9-10H,3-8H2,1-2H3,(H2,13,14,16). The van der Waals surface area contributed by atoms with Gasteiger partial charge in [0.1, 0.15) is 6.54 Å². The molecule has 1 saturated carbocycles. The molecular formula is C12H22N2O3S. The molecule has 5 nitrogen and oxygen atoms in total. The smallest absolute Gasteiger partial charge is 0.325 e. The SMILES string of the molecule is CCOC(=O)CNC(=O)NC1CCC(SC)CC1. The van der Waals surface area contributed by atoms with Gasteiger partial charge in [-0.05, 0) is 38.9 Å². The lowest BCUT2D eigenvalue weighted by Gasteiger charge is -2.27. The van der Waals surface area contributed by atoms with Crippen molar-refractivity contribution in [3.63, 3.8) is 0 Å². The maximum Gasteiger partial charge on any atom is 0.325 e. The quantitative estimate of drug-likeness (QED) is 0.746. The Bertz CT molecular complexity index is 278. The number of nitrogens with one attached hydrogen (secondary N) is 2. The molecule has 0 aromatic rings. The summed E-state index contributed by atoms with van der Waals surface area (Å²) in [5, 5.41) is 6.13. The van der Waals surface area contributed by atoms with Gasteiger partial charge in [-0.15, -0.1) is 0 Å². The molecule has 1 aliphatic rings. The van der Waals surface area contributed by atoms with E-state index in [1.165, 1.54) is 0 Å². The molecule has 0 aromatic heterocycles. The van der Waals surface area contributed by atoms with E-state index >= 15 is 0 Å². The molecule has 0 atom stereocenters. The van der Waals surface area contributed by atoms with Crippen LogP contribution >= 0.6 is 11.8 Å².